The van der Waals surface area contributed by atoms with Crippen LogP contribution in [0.15, 0.2) is 4.52 Å². The molecule has 0 fully saturated rings. The van der Waals surface area contributed by atoms with E-state index in [0.29, 0.717) is 11.8 Å². The summed E-state index contributed by atoms with van der Waals surface area (Å²) < 4.78 is 17.8. The van der Waals surface area contributed by atoms with E-state index in [1.54, 1.807) is 6.92 Å². The van der Waals surface area contributed by atoms with Crippen molar-refractivity contribution in [1.29, 1.82) is 0 Å². The summed E-state index contributed by atoms with van der Waals surface area (Å²) in [5.41, 5.74) is 1.68. The van der Waals surface area contributed by atoms with Crippen LogP contribution < -0.4 is 0 Å². The second-order valence-corrected chi connectivity index (χ2v) is 3.41. The van der Waals surface area contributed by atoms with Crippen LogP contribution in [-0.4, -0.2) is 16.7 Å². The van der Waals surface area contributed by atoms with Crippen LogP contribution in [0.4, 0.5) is 4.39 Å². The molecule has 0 saturated carbocycles. The van der Waals surface area contributed by atoms with Gasteiger partial charge in [-0.1, -0.05) is 21.1 Å². The van der Waals surface area contributed by atoms with E-state index in [2.05, 4.69) is 21.1 Å². The van der Waals surface area contributed by atoms with Crippen molar-refractivity contribution in [2.75, 3.05) is 5.33 Å². The van der Waals surface area contributed by atoms with Crippen molar-refractivity contribution >= 4 is 15.9 Å². The smallest absolute Gasteiger partial charge is 0.137 e. The SMILES string of the molecule is Cc1noc(C)c1C[C@@H](F)CBr. The highest BCUT2D eigenvalue weighted by Crippen LogP contribution is 2.16. The van der Waals surface area contributed by atoms with Crippen molar-refractivity contribution in [3.8, 4) is 0 Å². The number of hydrogen-bond donors (Lipinski definition) is 0. The quantitative estimate of drug-likeness (QED) is 0.754. The van der Waals surface area contributed by atoms with Crippen molar-refractivity contribution in [3.05, 3.63) is 17.0 Å². The Morgan fingerprint density at radius 2 is 2.25 bits per heavy atom. The third-order valence-electron chi connectivity index (χ3n) is 1.77. The molecule has 12 heavy (non-hydrogen) atoms. The highest BCUT2D eigenvalue weighted by molar-refractivity contribution is 9.09. The molecule has 1 atom stereocenters. The van der Waals surface area contributed by atoms with Gasteiger partial charge in [-0.2, -0.15) is 0 Å². The van der Waals surface area contributed by atoms with Gasteiger partial charge in [-0.3, -0.25) is 0 Å². The molecule has 1 rings (SSSR count). The van der Waals surface area contributed by atoms with E-state index in [9.17, 15) is 4.39 Å². The molecule has 2 nitrogen and oxygen atoms in total. The molecule has 0 N–H and O–H groups in total. The first-order valence-corrected chi connectivity index (χ1v) is 4.89. The molecule has 4 heteroatoms. The number of aromatic nitrogens is 1. The average Bonchev–Trinajstić information content (AvgIpc) is 2.35. The lowest BCUT2D eigenvalue weighted by atomic mass is 10.1. The predicted octanol–water partition coefficient (Wildman–Crippen LogP) is 2.57. The van der Waals surface area contributed by atoms with Gasteiger partial charge in [-0.05, 0) is 13.8 Å². The topological polar surface area (TPSA) is 26.0 Å². The van der Waals surface area contributed by atoms with Gasteiger partial charge in [-0.25, -0.2) is 4.39 Å². The Hall–Kier alpha value is -0.380. The van der Waals surface area contributed by atoms with Crippen LogP contribution in [0.2, 0.25) is 0 Å². The molecule has 0 bridgehead atoms. The fourth-order valence-corrected chi connectivity index (χ4v) is 1.30. The van der Waals surface area contributed by atoms with Crippen LogP contribution in [0.3, 0.4) is 0 Å². The van der Waals surface area contributed by atoms with Crippen LogP contribution in [0.1, 0.15) is 17.0 Å². The van der Waals surface area contributed by atoms with E-state index < -0.39 is 6.17 Å². The Labute approximate surface area is 79.3 Å². The van der Waals surface area contributed by atoms with Crippen LogP contribution >= 0.6 is 15.9 Å². The maximum atomic E-state index is 12.9. The third-order valence-corrected chi connectivity index (χ3v) is 2.48. The van der Waals surface area contributed by atoms with Gasteiger partial charge >= 0.3 is 0 Å². The predicted molar refractivity (Wildman–Crippen MR) is 48.4 cm³/mol. The highest BCUT2D eigenvalue weighted by Gasteiger charge is 2.13. The second-order valence-electron chi connectivity index (χ2n) is 2.76. The minimum atomic E-state index is -0.859. The molecule has 0 aliphatic heterocycles. The number of hydrogen-bond acceptors (Lipinski definition) is 2. The normalized spacial score (nSPS) is 13.3. The Balaban J connectivity index is 2.73. The van der Waals surface area contributed by atoms with Gasteiger partial charge in [0.1, 0.15) is 11.9 Å². The molecule has 1 aromatic rings. The van der Waals surface area contributed by atoms with Crippen molar-refractivity contribution in [2.45, 2.75) is 26.4 Å². The highest BCUT2D eigenvalue weighted by atomic mass is 79.9. The minimum absolute atomic E-state index is 0.358. The molecule has 0 spiro atoms. The first-order chi connectivity index (χ1) is 5.65. The standard InChI is InChI=1S/C8H11BrFNO/c1-5-8(3-7(10)4-9)6(2)12-11-5/h7H,3-4H2,1-2H3/t7-/m1/s1. The van der Waals surface area contributed by atoms with E-state index in [-0.39, 0.29) is 0 Å². The maximum absolute atomic E-state index is 12.9. The van der Waals surface area contributed by atoms with Gasteiger partial charge in [0.2, 0.25) is 0 Å². The number of halogens is 2. The summed E-state index contributed by atoms with van der Waals surface area (Å²) in [6, 6.07) is 0. The number of rotatable bonds is 3. The Morgan fingerprint density at radius 3 is 2.67 bits per heavy atom. The number of aryl methyl sites for hydroxylation is 2. The van der Waals surface area contributed by atoms with Crippen LogP contribution in [0.5, 0.6) is 0 Å². The van der Waals surface area contributed by atoms with Gasteiger partial charge < -0.3 is 4.52 Å². The zero-order valence-electron chi connectivity index (χ0n) is 7.10. The zero-order chi connectivity index (χ0) is 9.14. The lowest BCUT2D eigenvalue weighted by molar-refractivity contribution is 0.362. The first kappa shape index (κ1) is 9.71. The molecule has 0 amide bonds. The molecule has 0 aliphatic carbocycles. The summed E-state index contributed by atoms with van der Waals surface area (Å²) in [6.07, 6.45) is -0.478. The first-order valence-electron chi connectivity index (χ1n) is 3.77. The van der Waals surface area contributed by atoms with E-state index >= 15 is 0 Å². The van der Waals surface area contributed by atoms with Gasteiger partial charge in [0.05, 0.1) is 5.69 Å². The molecule has 0 saturated heterocycles. The number of alkyl halides is 2. The largest absolute Gasteiger partial charge is 0.361 e. The second kappa shape index (κ2) is 4.03. The van der Waals surface area contributed by atoms with Crippen LogP contribution in [0.25, 0.3) is 0 Å². The Kier molecular flexibility index (Phi) is 3.26. The van der Waals surface area contributed by atoms with E-state index in [1.165, 1.54) is 0 Å². The molecule has 0 unspecified atom stereocenters. The van der Waals surface area contributed by atoms with Crippen molar-refractivity contribution < 1.29 is 8.91 Å². The molecule has 1 heterocycles. The van der Waals surface area contributed by atoms with Gasteiger partial charge in [0.15, 0.2) is 0 Å². The van der Waals surface area contributed by atoms with E-state index in [0.717, 1.165) is 17.0 Å². The Bertz CT molecular complexity index is 242. The molecule has 0 aromatic carbocycles. The fraction of sp³-hybridized carbons (Fsp3) is 0.625. The van der Waals surface area contributed by atoms with Crippen LogP contribution in [-0.2, 0) is 6.42 Å². The maximum Gasteiger partial charge on any atom is 0.137 e. The van der Waals surface area contributed by atoms with Gasteiger partial charge in [0, 0.05) is 17.3 Å². The number of nitrogens with zero attached hydrogens (tertiary/aromatic N) is 1. The zero-order valence-corrected chi connectivity index (χ0v) is 8.69. The van der Waals surface area contributed by atoms with Crippen molar-refractivity contribution in [1.82, 2.24) is 5.16 Å². The summed E-state index contributed by atoms with van der Waals surface area (Å²) in [5, 5.41) is 4.10. The lowest BCUT2D eigenvalue weighted by Gasteiger charge is -2.02. The fourth-order valence-electron chi connectivity index (χ4n) is 1.07. The molecular weight excluding hydrogens is 225 g/mol. The van der Waals surface area contributed by atoms with E-state index in [1.807, 2.05) is 6.92 Å². The van der Waals surface area contributed by atoms with Gasteiger partial charge in [0.25, 0.3) is 0 Å². The molecule has 0 aliphatic rings. The van der Waals surface area contributed by atoms with Crippen molar-refractivity contribution in [2.24, 2.45) is 0 Å². The molecule has 1 aromatic heterocycles. The third kappa shape index (κ3) is 2.06. The monoisotopic (exact) mass is 235 g/mol. The minimum Gasteiger partial charge on any atom is -0.361 e. The molecule has 0 radical (unpaired) electrons. The molecule has 68 valence electrons. The van der Waals surface area contributed by atoms with Crippen molar-refractivity contribution in [3.63, 3.8) is 0 Å². The van der Waals surface area contributed by atoms with Crippen LogP contribution in [0, 0.1) is 13.8 Å². The summed E-state index contributed by atoms with van der Waals surface area (Å²) in [7, 11) is 0. The lowest BCUT2D eigenvalue weighted by Crippen LogP contribution is -2.06. The summed E-state index contributed by atoms with van der Waals surface area (Å²) in [4.78, 5) is 0. The summed E-state index contributed by atoms with van der Waals surface area (Å²) >= 11 is 3.08. The molecular formula is C8H11BrFNO. The van der Waals surface area contributed by atoms with E-state index in [4.69, 9.17) is 4.52 Å². The average molecular weight is 236 g/mol. The summed E-state index contributed by atoms with van der Waals surface area (Å²) in [5.74, 6) is 0.719. The van der Waals surface area contributed by atoms with Gasteiger partial charge in [-0.15, -0.1) is 0 Å². The summed E-state index contributed by atoms with van der Waals surface area (Å²) in [6.45, 7) is 3.63. The Morgan fingerprint density at radius 1 is 1.58 bits per heavy atom.